The summed E-state index contributed by atoms with van der Waals surface area (Å²) in [7, 11) is 0. The molecule has 0 bridgehead atoms. The molecule has 0 spiro atoms. The molecule has 1 atom stereocenters. The predicted molar refractivity (Wildman–Crippen MR) is 58.6 cm³/mol. The Morgan fingerprint density at radius 3 is 2.80 bits per heavy atom. The number of carbonyl (C=O) groups excluding carboxylic acids is 1. The molecule has 4 heteroatoms. The van der Waals surface area contributed by atoms with Gasteiger partial charge in [-0.05, 0) is 18.4 Å². The molecule has 1 amide bonds. The van der Waals surface area contributed by atoms with Crippen molar-refractivity contribution in [1.82, 2.24) is 10.3 Å². The lowest BCUT2D eigenvalue weighted by atomic mass is 10.0. The standard InChI is InChI=1S/C11H18N2O2/c1-8(2)5-10(7-14)13-11(15)9-3-4-12-6-9/h3-4,6,8,10,12,14H,5,7H2,1-2H3,(H,13,15). The van der Waals surface area contributed by atoms with Gasteiger partial charge in [-0.3, -0.25) is 4.79 Å². The van der Waals surface area contributed by atoms with Crippen LogP contribution in [0.25, 0.3) is 0 Å². The van der Waals surface area contributed by atoms with Crippen molar-refractivity contribution in [3.63, 3.8) is 0 Å². The number of aromatic nitrogens is 1. The van der Waals surface area contributed by atoms with Crippen molar-refractivity contribution in [3.05, 3.63) is 24.0 Å². The maximum absolute atomic E-state index is 11.6. The molecule has 0 radical (unpaired) electrons. The molecule has 15 heavy (non-hydrogen) atoms. The van der Waals surface area contributed by atoms with Crippen molar-refractivity contribution in [3.8, 4) is 0 Å². The van der Waals surface area contributed by atoms with Gasteiger partial charge in [-0.1, -0.05) is 13.8 Å². The van der Waals surface area contributed by atoms with E-state index in [-0.39, 0.29) is 18.6 Å². The lowest BCUT2D eigenvalue weighted by Gasteiger charge is -2.17. The fourth-order valence-corrected chi connectivity index (χ4v) is 1.48. The normalized spacial score (nSPS) is 12.8. The fraction of sp³-hybridized carbons (Fsp3) is 0.545. The van der Waals surface area contributed by atoms with E-state index in [1.54, 1.807) is 18.5 Å². The van der Waals surface area contributed by atoms with E-state index in [9.17, 15) is 4.79 Å². The van der Waals surface area contributed by atoms with Gasteiger partial charge in [0.1, 0.15) is 0 Å². The van der Waals surface area contributed by atoms with E-state index in [1.807, 2.05) is 0 Å². The van der Waals surface area contributed by atoms with E-state index in [0.717, 1.165) is 6.42 Å². The van der Waals surface area contributed by atoms with Gasteiger partial charge in [0.2, 0.25) is 0 Å². The quantitative estimate of drug-likeness (QED) is 0.682. The van der Waals surface area contributed by atoms with Crippen LogP contribution >= 0.6 is 0 Å². The highest BCUT2D eigenvalue weighted by atomic mass is 16.3. The van der Waals surface area contributed by atoms with Crippen LogP contribution < -0.4 is 5.32 Å². The first-order valence-corrected chi connectivity index (χ1v) is 5.18. The molecular weight excluding hydrogens is 192 g/mol. The molecule has 0 saturated heterocycles. The molecule has 1 heterocycles. The predicted octanol–water partition coefficient (Wildman–Crippen LogP) is 1.15. The second-order valence-corrected chi connectivity index (χ2v) is 4.08. The van der Waals surface area contributed by atoms with Gasteiger partial charge in [-0.2, -0.15) is 0 Å². The van der Waals surface area contributed by atoms with Crippen LogP contribution in [0, 0.1) is 5.92 Å². The Balaban J connectivity index is 2.48. The largest absolute Gasteiger partial charge is 0.394 e. The molecule has 0 saturated carbocycles. The minimum absolute atomic E-state index is 0.0195. The second kappa shape index (κ2) is 5.56. The zero-order valence-electron chi connectivity index (χ0n) is 9.16. The Bertz CT molecular complexity index is 294. The van der Waals surface area contributed by atoms with E-state index < -0.39 is 0 Å². The lowest BCUT2D eigenvalue weighted by Crippen LogP contribution is -2.38. The number of aliphatic hydroxyl groups is 1. The van der Waals surface area contributed by atoms with Crippen LogP contribution in [0.5, 0.6) is 0 Å². The smallest absolute Gasteiger partial charge is 0.253 e. The van der Waals surface area contributed by atoms with Gasteiger partial charge in [0.05, 0.1) is 18.2 Å². The van der Waals surface area contributed by atoms with E-state index >= 15 is 0 Å². The molecule has 0 aliphatic heterocycles. The number of H-pyrrole nitrogens is 1. The summed E-state index contributed by atoms with van der Waals surface area (Å²) in [6.45, 7) is 4.10. The molecule has 0 aromatic carbocycles. The highest BCUT2D eigenvalue weighted by Gasteiger charge is 2.14. The molecule has 0 fully saturated rings. The van der Waals surface area contributed by atoms with Crippen LogP contribution in [0.4, 0.5) is 0 Å². The maximum atomic E-state index is 11.6. The summed E-state index contributed by atoms with van der Waals surface area (Å²) in [5, 5.41) is 11.9. The van der Waals surface area contributed by atoms with Crippen molar-refractivity contribution >= 4 is 5.91 Å². The number of amides is 1. The number of aromatic amines is 1. The lowest BCUT2D eigenvalue weighted by molar-refractivity contribution is 0.0908. The van der Waals surface area contributed by atoms with Gasteiger partial charge in [-0.15, -0.1) is 0 Å². The summed E-state index contributed by atoms with van der Waals surface area (Å²) in [6, 6.07) is 1.55. The molecule has 1 unspecified atom stereocenters. The van der Waals surface area contributed by atoms with Gasteiger partial charge in [-0.25, -0.2) is 0 Å². The summed E-state index contributed by atoms with van der Waals surface area (Å²) in [5.41, 5.74) is 0.595. The van der Waals surface area contributed by atoms with Crippen LogP contribution in [-0.4, -0.2) is 28.6 Å². The van der Waals surface area contributed by atoms with Gasteiger partial charge >= 0.3 is 0 Å². The Labute approximate surface area is 89.7 Å². The minimum Gasteiger partial charge on any atom is -0.394 e. The van der Waals surface area contributed by atoms with Crippen LogP contribution in [0.1, 0.15) is 30.6 Å². The van der Waals surface area contributed by atoms with Crippen molar-refractivity contribution in [2.75, 3.05) is 6.61 Å². The zero-order valence-corrected chi connectivity index (χ0v) is 9.16. The second-order valence-electron chi connectivity index (χ2n) is 4.08. The topological polar surface area (TPSA) is 65.1 Å². The van der Waals surface area contributed by atoms with Crippen molar-refractivity contribution in [1.29, 1.82) is 0 Å². The number of aliphatic hydroxyl groups excluding tert-OH is 1. The molecule has 0 aliphatic carbocycles. The summed E-state index contributed by atoms with van der Waals surface area (Å²) >= 11 is 0. The van der Waals surface area contributed by atoms with E-state index in [0.29, 0.717) is 11.5 Å². The van der Waals surface area contributed by atoms with Crippen LogP contribution in [-0.2, 0) is 0 Å². The summed E-state index contributed by atoms with van der Waals surface area (Å²) in [6.07, 6.45) is 4.12. The van der Waals surface area contributed by atoms with E-state index in [2.05, 4.69) is 24.1 Å². The van der Waals surface area contributed by atoms with Crippen LogP contribution in [0.15, 0.2) is 18.5 Å². The fourth-order valence-electron chi connectivity index (χ4n) is 1.48. The number of hydrogen-bond donors (Lipinski definition) is 3. The zero-order chi connectivity index (χ0) is 11.3. The molecule has 1 aromatic rings. The third-order valence-electron chi connectivity index (χ3n) is 2.17. The van der Waals surface area contributed by atoms with E-state index in [4.69, 9.17) is 5.11 Å². The third kappa shape index (κ3) is 3.75. The molecule has 1 rings (SSSR count). The molecule has 3 N–H and O–H groups in total. The van der Waals surface area contributed by atoms with Gasteiger partial charge in [0.15, 0.2) is 0 Å². The Morgan fingerprint density at radius 1 is 1.60 bits per heavy atom. The van der Waals surface area contributed by atoms with E-state index in [1.165, 1.54) is 0 Å². The number of hydrogen-bond acceptors (Lipinski definition) is 2. The average Bonchev–Trinajstić information content (AvgIpc) is 2.68. The number of nitrogens with one attached hydrogen (secondary N) is 2. The minimum atomic E-state index is -0.160. The maximum Gasteiger partial charge on any atom is 0.253 e. The monoisotopic (exact) mass is 210 g/mol. The highest BCUT2D eigenvalue weighted by molar-refractivity contribution is 5.94. The Kier molecular flexibility index (Phi) is 4.37. The summed E-state index contributed by atoms with van der Waals surface area (Å²) < 4.78 is 0. The summed E-state index contributed by atoms with van der Waals surface area (Å²) in [5.74, 6) is 0.310. The number of rotatable bonds is 5. The molecule has 1 aromatic heterocycles. The Hall–Kier alpha value is -1.29. The highest BCUT2D eigenvalue weighted by Crippen LogP contribution is 2.05. The van der Waals surface area contributed by atoms with Crippen molar-refractivity contribution in [2.45, 2.75) is 26.3 Å². The Morgan fingerprint density at radius 2 is 2.33 bits per heavy atom. The molecule has 4 nitrogen and oxygen atoms in total. The van der Waals surface area contributed by atoms with Crippen LogP contribution in [0.3, 0.4) is 0 Å². The molecule has 84 valence electrons. The molecule has 0 aliphatic rings. The van der Waals surface area contributed by atoms with Crippen LogP contribution in [0.2, 0.25) is 0 Å². The van der Waals surface area contributed by atoms with Gasteiger partial charge in [0, 0.05) is 12.4 Å². The first-order chi connectivity index (χ1) is 7.13. The molecular formula is C11H18N2O2. The average molecular weight is 210 g/mol. The SMILES string of the molecule is CC(C)CC(CO)NC(=O)c1cc[nH]c1. The number of carbonyl (C=O) groups is 1. The summed E-state index contributed by atoms with van der Waals surface area (Å²) in [4.78, 5) is 14.4. The van der Waals surface area contributed by atoms with Crippen molar-refractivity contribution in [2.24, 2.45) is 5.92 Å². The first kappa shape index (κ1) is 11.8. The third-order valence-corrected chi connectivity index (χ3v) is 2.17. The van der Waals surface area contributed by atoms with Crippen molar-refractivity contribution < 1.29 is 9.90 Å². The van der Waals surface area contributed by atoms with Gasteiger partial charge < -0.3 is 15.4 Å². The van der Waals surface area contributed by atoms with Gasteiger partial charge in [0.25, 0.3) is 5.91 Å². The first-order valence-electron chi connectivity index (χ1n) is 5.18.